The molecule has 0 atom stereocenters. The van der Waals surface area contributed by atoms with Crippen molar-refractivity contribution < 1.29 is 4.74 Å². The Hall–Kier alpha value is -2.01. The highest BCUT2D eigenvalue weighted by Crippen LogP contribution is 2.35. The summed E-state index contributed by atoms with van der Waals surface area (Å²) in [6.45, 7) is 6.05. The third-order valence-electron chi connectivity index (χ3n) is 4.67. The van der Waals surface area contributed by atoms with Crippen LogP contribution in [0.4, 0.5) is 5.69 Å². The van der Waals surface area contributed by atoms with Gasteiger partial charge in [0, 0.05) is 24.7 Å². The van der Waals surface area contributed by atoms with E-state index in [1.54, 1.807) is 7.11 Å². The van der Waals surface area contributed by atoms with Crippen molar-refractivity contribution in [1.29, 1.82) is 0 Å². The van der Waals surface area contributed by atoms with Crippen molar-refractivity contribution in [1.82, 2.24) is 9.88 Å². The second kappa shape index (κ2) is 6.24. The zero-order valence-corrected chi connectivity index (χ0v) is 14.3. The molecule has 5 nitrogen and oxygen atoms in total. The number of methoxy groups -OCH3 is 1. The van der Waals surface area contributed by atoms with E-state index < -0.39 is 0 Å². The van der Waals surface area contributed by atoms with Crippen LogP contribution in [0.25, 0.3) is 10.9 Å². The molecule has 1 aromatic carbocycles. The molecule has 2 N–H and O–H groups in total. The molecule has 0 amide bonds. The van der Waals surface area contributed by atoms with Crippen LogP contribution in [-0.4, -0.2) is 36.6 Å². The zero-order valence-electron chi connectivity index (χ0n) is 14.3. The summed E-state index contributed by atoms with van der Waals surface area (Å²) in [7, 11) is 3.78. The fourth-order valence-electron chi connectivity index (χ4n) is 3.13. The van der Waals surface area contributed by atoms with E-state index in [2.05, 4.69) is 48.2 Å². The molecule has 124 valence electrons. The lowest BCUT2D eigenvalue weighted by Gasteiger charge is -2.23. The van der Waals surface area contributed by atoms with Crippen LogP contribution < -0.4 is 15.6 Å². The molecule has 0 saturated carbocycles. The monoisotopic (exact) mass is 315 g/mol. The first-order valence-electron chi connectivity index (χ1n) is 8.21. The highest BCUT2D eigenvalue weighted by Gasteiger charge is 2.19. The van der Waals surface area contributed by atoms with E-state index in [-0.39, 0.29) is 5.56 Å². The van der Waals surface area contributed by atoms with Crippen LogP contribution in [0.2, 0.25) is 0 Å². The number of pyridine rings is 1. The maximum absolute atomic E-state index is 12.4. The first-order valence-corrected chi connectivity index (χ1v) is 8.21. The quantitative estimate of drug-likeness (QED) is 0.911. The predicted octanol–water partition coefficient (Wildman–Crippen LogP) is 2.74. The van der Waals surface area contributed by atoms with Gasteiger partial charge in [-0.15, -0.1) is 0 Å². The number of rotatable bonds is 4. The molecule has 1 aliphatic rings. The largest absolute Gasteiger partial charge is 0.496 e. The SMILES string of the molecule is COc1cc(CN(C)C(C)C)cc2[nH]c(=O)c3c(c12)NCCC3. The van der Waals surface area contributed by atoms with E-state index in [0.717, 1.165) is 59.4 Å². The van der Waals surface area contributed by atoms with Crippen LogP contribution in [0.3, 0.4) is 0 Å². The molecule has 23 heavy (non-hydrogen) atoms. The van der Waals surface area contributed by atoms with Crippen molar-refractivity contribution in [2.24, 2.45) is 0 Å². The van der Waals surface area contributed by atoms with Gasteiger partial charge in [-0.2, -0.15) is 0 Å². The summed E-state index contributed by atoms with van der Waals surface area (Å²) in [6, 6.07) is 4.60. The number of benzene rings is 1. The third kappa shape index (κ3) is 2.93. The van der Waals surface area contributed by atoms with Gasteiger partial charge in [-0.3, -0.25) is 9.69 Å². The molecule has 0 bridgehead atoms. The number of hydrogen-bond acceptors (Lipinski definition) is 4. The number of H-pyrrole nitrogens is 1. The van der Waals surface area contributed by atoms with Gasteiger partial charge in [0.1, 0.15) is 5.75 Å². The molecular weight excluding hydrogens is 290 g/mol. The van der Waals surface area contributed by atoms with Gasteiger partial charge in [-0.05, 0) is 51.4 Å². The first-order chi connectivity index (χ1) is 11.0. The van der Waals surface area contributed by atoms with Crippen molar-refractivity contribution in [2.45, 2.75) is 39.3 Å². The third-order valence-corrected chi connectivity index (χ3v) is 4.67. The van der Waals surface area contributed by atoms with Crippen LogP contribution >= 0.6 is 0 Å². The van der Waals surface area contributed by atoms with Crippen LogP contribution in [0.1, 0.15) is 31.4 Å². The van der Waals surface area contributed by atoms with Crippen molar-refractivity contribution >= 4 is 16.6 Å². The van der Waals surface area contributed by atoms with Gasteiger partial charge >= 0.3 is 0 Å². The number of hydrogen-bond donors (Lipinski definition) is 2. The summed E-state index contributed by atoms with van der Waals surface area (Å²) in [5, 5.41) is 4.37. The van der Waals surface area contributed by atoms with Crippen LogP contribution in [0, 0.1) is 0 Å². The van der Waals surface area contributed by atoms with Gasteiger partial charge < -0.3 is 15.0 Å². The second-order valence-electron chi connectivity index (χ2n) is 6.57. The number of ether oxygens (including phenoxy) is 1. The summed E-state index contributed by atoms with van der Waals surface area (Å²) in [5.74, 6) is 0.816. The average molecular weight is 315 g/mol. The molecule has 3 rings (SSSR count). The molecule has 0 aliphatic carbocycles. The molecule has 0 fully saturated rings. The Morgan fingerprint density at radius 2 is 2.13 bits per heavy atom. The molecule has 1 aromatic heterocycles. The van der Waals surface area contributed by atoms with E-state index >= 15 is 0 Å². The molecule has 2 aromatic rings. The Bertz CT molecular complexity index is 780. The Labute approximate surface area is 136 Å². The van der Waals surface area contributed by atoms with Crippen molar-refractivity contribution in [3.05, 3.63) is 33.6 Å². The maximum Gasteiger partial charge on any atom is 0.253 e. The highest BCUT2D eigenvalue weighted by molar-refractivity contribution is 5.98. The van der Waals surface area contributed by atoms with Crippen LogP contribution in [-0.2, 0) is 13.0 Å². The number of nitrogens with zero attached hydrogens (tertiary/aromatic N) is 1. The fourth-order valence-corrected chi connectivity index (χ4v) is 3.13. The molecular formula is C18H25N3O2. The summed E-state index contributed by atoms with van der Waals surface area (Å²) >= 11 is 0. The summed E-state index contributed by atoms with van der Waals surface area (Å²) in [4.78, 5) is 17.7. The minimum atomic E-state index is 0.0103. The summed E-state index contributed by atoms with van der Waals surface area (Å²) in [6.07, 6.45) is 1.80. The van der Waals surface area contributed by atoms with Gasteiger partial charge in [0.25, 0.3) is 5.56 Å². The zero-order chi connectivity index (χ0) is 16.6. The lowest BCUT2D eigenvalue weighted by molar-refractivity contribution is 0.265. The highest BCUT2D eigenvalue weighted by atomic mass is 16.5. The summed E-state index contributed by atoms with van der Waals surface area (Å²) < 4.78 is 5.64. The Morgan fingerprint density at radius 3 is 2.83 bits per heavy atom. The summed E-state index contributed by atoms with van der Waals surface area (Å²) in [5.41, 5.74) is 3.77. The Morgan fingerprint density at radius 1 is 1.35 bits per heavy atom. The van der Waals surface area contributed by atoms with E-state index in [1.165, 1.54) is 0 Å². The van der Waals surface area contributed by atoms with Gasteiger partial charge in [0.2, 0.25) is 0 Å². The van der Waals surface area contributed by atoms with E-state index in [9.17, 15) is 4.79 Å². The number of aromatic nitrogens is 1. The van der Waals surface area contributed by atoms with Gasteiger partial charge in [-0.25, -0.2) is 0 Å². The molecule has 0 unspecified atom stereocenters. The number of anilines is 1. The Kier molecular flexibility index (Phi) is 4.31. The Balaban J connectivity index is 2.17. The van der Waals surface area contributed by atoms with Crippen LogP contribution in [0.15, 0.2) is 16.9 Å². The molecule has 0 saturated heterocycles. The van der Waals surface area contributed by atoms with Gasteiger partial charge in [0.05, 0.1) is 23.7 Å². The number of nitrogens with one attached hydrogen (secondary N) is 2. The van der Waals surface area contributed by atoms with Gasteiger partial charge in [-0.1, -0.05) is 0 Å². The van der Waals surface area contributed by atoms with Crippen molar-refractivity contribution in [3.63, 3.8) is 0 Å². The lowest BCUT2D eigenvalue weighted by atomic mass is 9.99. The van der Waals surface area contributed by atoms with E-state index in [0.29, 0.717) is 6.04 Å². The minimum absolute atomic E-state index is 0.0103. The number of aromatic amines is 1. The van der Waals surface area contributed by atoms with E-state index in [4.69, 9.17) is 4.74 Å². The van der Waals surface area contributed by atoms with Gasteiger partial charge in [0.15, 0.2) is 0 Å². The van der Waals surface area contributed by atoms with Crippen molar-refractivity contribution in [3.8, 4) is 5.75 Å². The predicted molar refractivity (Wildman–Crippen MR) is 94.5 cm³/mol. The molecule has 2 heterocycles. The normalized spacial score (nSPS) is 14.2. The lowest BCUT2D eigenvalue weighted by Crippen LogP contribution is -2.26. The molecule has 0 spiro atoms. The first kappa shape index (κ1) is 15.9. The number of fused-ring (bicyclic) bond motifs is 3. The van der Waals surface area contributed by atoms with Crippen molar-refractivity contribution in [2.75, 3.05) is 26.0 Å². The fraction of sp³-hybridized carbons (Fsp3) is 0.500. The molecule has 5 heteroatoms. The standard InChI is InChI=1S/C18H25N3O2/c1-11(2)21(3)10-12-8-14-16(15(9-12)23-4)17-13(18(22)20-14)6-5-7-19-17/h8-9,11,19H,5-7,10H2,1-4H3,(H,20,22). The average Bonchev–Trinajstić information content (AvgIpc) is 2.54. The second-order valence-corrected chi connectivity index (χ2v) is 6.57. The molecule has 0 radical (unpaired) electrons. The smallest absolute Gasteiger partial charge is 0.253 e. The molecule has 1 aliphatic heterocycles. The minimum Gasteiger partial charge on any atom is -0.496 e. The topological polar surface area (TPSA) is 57.4 Å². The van der Waals surface area contributed by atoms with E-state index in [1.807, 2.05) is 0 Å². The maximum atomic E-state index is 12.4. The van der Waals surface area contributed by atoms with Crippen LogP contribution in [0.5, 0.6) is 5.75 Å².